The second kappa shape index (κ2) is 9.27. The second-order valence-electron chi connectivity index (χ2n) is 9.02. The van der Waals surface area contributed by atoms with Gasteiger partial charge in [-0.2, -0.15) is 0 Å². The molecule has 0 radical (unpaired) electrons. The van der Waals surface area contributed by atoms with Crippen molar-refractivity contribution in [1.82, 2.24) is 9.80 Å². The molecule has 0 N–H and O–H groups in total. The molecular weight excluding hydrogens is 438 g/mol. The van der Waals surface area contributed by atoms with Gasteiger partial charge < -0.3 is 19.4 Å². The number of carbonyl (C=O) groups is 3. The summed E-state index contributed by atoms with van der Waals surface area (Å²) in [6.07, 6.45) is 1.57. The summed E-state index contributed by atoms with van der Waals surface area (Å²) in [6.45, 7) is 4.66. The van der Waals surface area contributed by atoms with Crippen LogP contribution in [0.15, 0.2) is 41.8 Å². The number of amides is 3. The number of thiophene rings is 1. The SMILES string of the molecule is Cc1ccc(N2C(=O)CC(C(=O)N3CCN(C(=O)C4CCCO4)CC3)C2c2cccs2)cc1. The number of benzene rings is 1. The van der Waals surface area contributed by atoms with E-state index in [1.54, 1.807) is 16.2 Å². The zero-order valence-electron chi connectivity index (χ0n) is 18.8. The Labute approximate surface area is 197 Å². The van der Waals surface area contributed by atoms with Crippen LogP contribution in [0.3, 0.4) is 0 Å². The molecule has 3 unspecified atom stereocenters. The highest BCUT2D eigenvalue weighted by Crippen LogP contribution is 2.43. The van der Waals surface area contributed by atoms with Gasteiger partial charge in [0, 0.05) is 49.8 Å². The van der Waals surface area contributed by atoms with Crippen molar-refractivity contribution in [1.29, 1.82) is 0 Å². The molecule has 0 bridgehead atoms. The molecule has 2 aromatic rings. The molecule has 3 aliphatic heterocycles. The normalized spacial score (nSPS) is 25.7. The van der Waals surface area contributed by atoms with Crippen molar-refractivity contribution in [2.45, 2.75) is 38.3 Å². The van der Waals surface area contributed by atoms with Crippen molar-refractivity contribution in [3.8, 4) is 0 Å². The number of carbonyl (C=O) groups excluding carboxylic acids is 3. The van der Waals surface area contributed by atoms with E-state index >= 15 is 0 Å². The summed E-state index contributed by atoms with van der Waals surface area (Å²) in [5, 5.41) is 1.99. The number of aryl methyl sites for hydroxylation is 1. The van der Waals surface area contributed by atoms with Gasteiger partial charge in [0.15, 0.2) is 0 Å². The first kappa shape index (κ1) is 22.1. The highest BCUT2D eigenvalue weighted by atomic mass is 32.1. The van der Waals surface area contributed by atoms with Crippen molar-refractivity contribution in [2.75, 3.05) is 37.7 Å². The Balaban J connectivity index is 1.32. The van der Waals surface area contributed by atoms with Gasteiger partial charge in [0.2, 0.25) is 11.8 Å². The summed E-state index contributed by atoms with van der Waals surface area (Å²) in [6, 6.07) is 11.6. The topological polar surface area (TPSA) is 70.2 Å². The predicted molar refractivity (Wildman–Crippen MR) is 126 cm³/mol. The molecule has 174 valence electrons. The van der Waals surface area contributed by atoms with E-state index in [0.717, 1.165) is 29.0 Å². The third-order valence-electron chi connectivity index (χ3n) is 6.89. The van der Waals surface area contributed by atoms with Gasteiger partial charge in [-0.3, -0.25) is 14.4 Å². The minimum atomic E-state index is -0.433. The number of nitrogens with zero attached hydrogens (tertiary/aromatic N) is 3. The number of rotatable bonds is 4. The Morgan fingerprint density at radius 1 is 1.00 bits per heavy atom. The lowest BCUT2D eigenvalue weighted by Gasteiger charge is -2.37. The van der Waals surface area contributed by atoms with Gasteiger partial charge >= 0.3 is 0 Å². The van der Waals surface area contributed by atoms with Crippen molar-refractivity contribution in [3.63, 3.8) is 0 Å². The maximum absolute atomic E-state index is 13.6. The molecule has 3 aliphatic rings. The highest BCUT2D eigenvalue weighted by Gasteiger charge is 2.47. The van der Waals surface area contributed by atoms with E-state index in [2.05, 4.69) is 0 Å². The van der Waals surface area contributed by atoms with E-state index in [1.165, 1.54) is 0 Å². The van der Waals surface area contributed by atoms with Crippen LogP contribution in [-0.4, -0.2) is 66.4 Å². The van der Waals surface area contributed by atoms with Gasteiger partial charge in [-0.15, -0.1) is 11.3 Å². The first-order valence-electron chi connectivity index (χ1n) is 11.6. The molecule has 3 atom stereocenters. The fourth-order valence-electron chi connectivity index (χ4n) is 5.11. The molecule has 0 saturated carbocycles. The van der Waals surface area contributed by atoms with Crippen LogP contribution in [-0.2, 0) is 19.1 Å². The Morgan fingerprint density at radius 3 is 2.30 bits per heavy atom. The summed E-state index contributed by atoms with van der Waals surface area (Å²) in [5.41, 5.74) is 1.95. The van der Waals surface area contributed by atoms with E-state index < -0.39 is 5.92 Å². The Bertz CT molecular complexity index is 1010. The largest absolute Gasteiger partial charge is 0.368 e. The molecule has 7 nitrogen and oxygen atoms in total. The summed E-state index contributed by atoms with van der Waals surface area (Å²) in [5.74, 6) is -0.418. The number of hydrogen-bond donors (Lipinski definition) is 0. The molecule has 1 aromatic heterocycles. The van der Waals surface area contributed by atoms with Crippen LogP contribution in [0.2, 0.25) is 0 Å². The molecule has 3 saturated heterocycles. The Kier molecular flexibility index (Phi) is 6.21. The van der Waals surface area contributed by atoms with Crippen LogP contribution in [0.4, 0.5) is 5.69 Å². The van der Waals surface area contributed by atoms with Crippen molar-refractivity contribution in [3.05, 3.63) is 52.2 Å². The minimum Gasteiger partial charge on any atom is -0.368 e. The number of anilines is 1. The molecule has 3 amide bonds. The van der Waals surface area contributed by atoms with Gasteiger partial charge in [0.05, 0.1) is 12.0 Å². The van der Waals surface area contributed by atoms with Crippen LogP contribution in [0.25, 0.3) is 0 Å². The number of hydrogen-bond acceptors (Lipinski definition) is 5. The average Bonchev–Trinajstić information content (AvgIpc) is 3.60. The summed E-state index contributed by atoms with van der Waals surface area (Å²) < 4.78 is 5.54. The second-order valence-corrected chi connectivity index (χ2v) is 10.0. The number of ether oxygens (including phenoxy) is 1. The van der Waals surface area contributed by atoms with Gasteiger partial charge in [-0.05, 0) is 43.3 Å². The Morgan fingerprint density at radius 2 is 1.70 bits per heavy atom. The van der Waals surface area contributed by atoms with Crippen molar-refractivity contribution < 1.29 is 19.1 Å². The summed E-state index contributed by atoms with van der Waals surface area (Å²) >= 11 is 1.58. The molecule has 1 aromatic carbocycles. The van der Waals surface area contributed by atoms with Crippen LogP contribution >= 0.6 is 11.3 Å². The first-order valence-corrected chi connectivity index (χ1v) is 12.5. The van der Waals surface area contributed by atoms with Crippen molar-refractivity contribution >= 4 is 34.7 Å². The van der Waals surface area contributed by atoms with Crippen LogP contribution < -0.4 is 4.90 Å². The van der Waals surface area contributed by atoms with E-state index in [-0.39, 0.29) is 36.3 Å². The third kappa shape index (κ3) is 4.29. The zero-order valence-corrected chi connectivity index (χ0v) is 19.6. The zero-order chi connectivity index (χ0) is 22.9. The van der Waals surface area contributed by atoms with Crippen molar-refractivity contribution in [2.24, 2.45) is 5.92 Å². The van der Waals surface area contributed by atoms with Gasteiger partial charge in [-0.25, -0.2) is 0 Å². The lowest BCUT2D eigenvalue weighted by molar-refractivity contribution is -0.147. The van der Waals surface area contributed by atoms with Crippen LogP contribution in [0, 0.1) is 12.8 Å². The monoisotopic (exact) mass is 467 g/mol. The lowest BCUT2D eigenvalue weighted by atomic mass is 9.96. The number of piperazine rings is 1. The smallest absolute Gasteiger partial charge is 0.251 e. The summed E-state index contributed by atoms with van der Waals surface area (Å²) in [7, 11) is 0. The van der Waals surface area contributed by atoms with Gasteiger partial charge in [0.25, 0.3) is 5.91 Å². The molecule has 3 fully saturated rings. The Hall–Kier alpha value is -2.71. The maximum Gasteiger partial charge on any atom is 0.251 e. The van der Waals surface area contributed by atoms with Crippen LogP contribution in [0.5, 0.6) is 0 Å². The maximum atomic E-state index is 13.6. The fraction of sp³-hybridized carbons (Fsp3) is 0.480. The lowest BCUT2D eigenvalue weighted by Crippen LogP contribution is -2.54. The quantitative estimate of drug-likeness (QED) is 0.693. The third-order valence-corrected chi connectivity index (χ3v) is 7.84. The fourth-order valence-corrected chi connectivity index (χ4v) is 5.99. The molecule has 8 heteroatoms. The standard InChI is InChI=1S/C25H29N3O4S/c1-17-6-8-18(9-7-17)28-22(29)16-19(23(28)21-5-3-15-33-21)24(30)26-10-12-27(13-11-26)25(31)20-4-2-14-32-20/h3,5-9,15,19-20,23H,2,4,10-14,16H2,1H3. The molecule has 5 rings (SSSR count). The minimum absolute atomic E-state index is 0.000534. The molecule has 33 heavy (non-hydrogen) atoms. The van der Waals surface area contributed by atoms with E-state index in [1.807, 2.05) is 58.5 Å². The highest BCUT2D eigenvalue weighted by molar-refractivity contribution is 7.10. The molecular formula is C25H29N3O4S. The van der Waals surface area contributed by atoms with E-state index in [9.17, 15) is 14.4 Å². The molecule has 4 heterocycles. The van der Waals surface area contributed by atoms with Crippen LogP contribution in [0.1, 0.15) is 35.7 Å². The molecule has 0 spiro atoms. The predicted octanol–water partition coefficient (Wildman–Crippen LogP) is 3.00. The van der Waals surface area contributed by atoms with E-state index in [0.29, 0.717) is 32.8 Å². The average molecular weight is 468 g/mol. The summed E-state index contributed by atoms with van der Waals surface area (Å²) in [4.78, 5) is 45.9. The van der Waals surface area contributed by atoms with E-state index in [4.69, 9.17) is 4.74 Å². The first-order chi connectivity index (χ1) is 16.0. The van der Waals surface area contributed by atoms with Gasteiger partial charge in [0.1, 0.15) is 6.10 Å². The molecule has 0 aliphatic carbocycles. The van der Waals surface area contributed by atoms with Gasteiger partial charge in [-0.1, -0.05) is 23.8 Å².